The molecule has 66 valence electrons. The van der Waals surface area contributed by atoms with Crippen LogP contribution >= 0.6 is 0 Å². The van der Waals surface area contributed by atoms with Gasteiger partial charge in [0.15, 0.2) is 0 Å². The van der Waals surface area contributed by atoms with E-state index in [1.54, 1.807) is 0 Å². The molecule has 0 aliphatic carbocycles. The number of nitrogens with zero attached hydrogens (tertiary/aromatic N) is 2. The summed E-state index contributed by atoms with van der Waals surface area (Å²) in [5, 5.41) is 8.99. The molecule has 0 aromatic carbocycles. The molecule has 1 unspecified atom stereocenters. The summed E-state index contributed by atoms with van der Waals surface area (Å²) in [6.07, 6.45) is 4.00. The molecule has 0 amide bonds. The highest BCUT2D eigenvalue weighted by Crippen LogP contribution is 2.20. The van der Waals surface area contributed by atoms with Gasteiger partial charge in [-0.3, -0.25) is 0 Å². The van der Waals surface area contributed by atoms with Crippen LogP contribution in [0.5, 0.6) is 0 Å². The van der Waals surface area contributed by atoms with Gasteiger partial charge in [0.25, 0.3) is 0 Å². The van der Waals surface area contributed by atoms with Crippen molar-refractivity contribution < 1.29 is 5.11 Å². The maximum absolute atomic E-state index is 8.99. The second kappa shape index (κ2) is 2.90. The largest absolute Gasteiger partial charge is 0.396 e. The summed E-state index contributed by atoms with van der Waals surface area (Å²) in [5.74, 6) is 1.55. The van der Waals surface area contributed by atoms with Gasteiger partial charge in [-0.15, -0.1) is 0 Å². The first-order chi connectivity index (χ1) is 5.81. The second-order valence-corrected chi connectivity index (χ2v) is 3.49. The van der Waals surface area contributed by atoms with Crippen LogP contribution in [0, 0.1) is 12.8 Å². The molecule has 1 aromatic rings. The van der Waals surface area contributed by atoms with Crippen LogP contribution < -0.4 is 0 Å². The molecule has 0 fully saturated rings. The maximum atomic E-state index is 8.99. The van der Waals surface area contributed by atoms with E-state index >= 15 is 0 Å². The molecule has 0 bridgehead atoms. The van der Waals surface area contributed by atoms with Gasteiger partial charge in [0.05, 0.1) is 0 Å². The Morgan fingerprint density at radius 3 is 3.33 bits per heavy atom. The van der Waals surface area contributed by atoms with Crippen LogP contribution in [0.25, 0.3) is 0 Å². The van der Waals surface area contributed by atoms with Crippen molar-refractivity contribution in [3.8, 4) is 0 Å². The molecule has 0 radical (unpaired) electrons. The number of aromatic nitrogens is 2. The van der Waals surface area contributed by atoms with E-state index in [2.05, 4.69) is 9.55 Å². The molecular weight excluding hydrogens is 152 g/mol. The second-order valence-electron chi connectivity index (χ2n) is 3.49. The monoisotopic (exact) mass is 166 g/mol. The number of rotatable bonds is 1. The predicted molar refractivity (Wildman–Crippen MR) is 45.9 cm³/mol. The summed E-state index contributed by atoms with van der Waals surface area (Å²) < 4.78 is 2.24. The van der Waals surface area contributed by atoms with Crippen molar-refractivity contribution in [2.24, 2.45) is 5.92 Å². The van der Waals surface area contributed by atoms with Gasteiger partial charge < -0.3 is 9.67 Å². The van der Waals surface area contributed by atoms with Crippen molar-refractivity contribution in [3.05, 3.63) is 17.7 Å². The van der Waals surface area contributed by atoms with E-state index in [-0.39, 0.29) is 0 Å². The molecule has 2 heterocycles. The third-order valence-electron chi connectivity index (χ3n) is 2.65. The lowest BCUT2D eigenvalue weighted by atomic mass is 9.97. The molecular formula is C9H14N2O. The molecule has 2 rings (SSSR count). The lowest BCUT2D eigenvalue weighted by molar-refractivity contribution is 0.200. The number of imidazole rings is 1. The van der Waals surface area contributed by atoms with Gasteiger partial charge in [-0.05, 0) is 25.7 Å². The van der Waals surface area contributed by atoms with Crippen LogP contribution in [-0.4, -0.2) is 21.3 Å². The number of aliphatic hydroxyl groups excluding tert-OH is 1. The van der Waals surface area contributed by atoms with Gasteiger partial charge in [0.1, 0.15) is 5.82 Å². The van der Waals surface area contributed by atoms with Crippen molar-refractivity contribution in [1.82, 2.24) is 9.55 Å². The first-order valence-corrected chi connectivity index (χ1v) is 4.43. The third kappa shape index (κ3) is 1.14. The average molecular weight is 166 g/mol. The van der Waals surface area contributed by atoms with E-state index < -0.39 is 0 Å². The van der Waals surface area contributed by atoms with Crippen molar-refractivity contribution in [2.75, 3.05) is 6.61 Å². The van der Waals surface area contributed by atoms with Gasteiger partial charge >= 0.3 is 0 Å². The SMILES string of the molecule is Cc1ncc2n1CCC(CO)C2. The van der Waals surface area contributed by atoms with Crippen LogP contribution in [0.3, 0.4) is 0 Å². The van der Waals surface area contributed by atoms with E-state index in [1.807, 2.05) is 13.1 Å². The minimum atomic E-state index is 0.310. The molecule has 0 spiro atoms. The summed E-state index contributed by atoms with van der Waals surface area (Å²) >= 11 is 0. The molecule has 3 heteroatoms. The highest BCUT2D eigenvalue weighted by molar-refractivity contribution is 5.07. The number of fused-ring (bicyclic) bond motifs is 1. The Morgan fingerprint density at radius 2 is 2.58 bits per heavy atom. The molecule has 12 heavy (non-hydrogen) atoms. The molecule has 1 aromatic heterocycles. The Balaban J connectivity index is 2.24. The standard InChI is InChI=1S/C9H14N2O/c1-7-10-5-9-4-8(6-12)2-3-11(7)9/h5,8,12H,2-4,6H2,1H3. The van der Waals surface area contributed by atoms with Gasteiger partial charge in [0, 0.05) is 25.0 Å². The van der Waals surface area contributed by atoms with E-state index in [9.17, 15) is 0 Å². The van der Waals surface area contributed by atoms with E-state index in [0.29, 0.717) is 12.5 Å². The summed E-state index contributed by atoms with van der Waals surface area (Å²) in [4.78, 5) is 4.25. The first kappa shape index (κ1) is 7.80. The molecule has 1 atom stereocenters. The van der Waals surface area contributed by atoms with Crippen LogP contribution in [0.15, 0.2) is 6.20 Å². The normalized spacial score (nSPS) is 22.3. The fourth-order valence-electron chi connectivity index (χ4n) is 1.85. The highest BCUT2D eigenvalue weighted by Gasteiger charge is 2.18. The molecule has 1 aliphatic rings. The summed E-state index contributed by atoms with van der Waals surface area (Å²) in [6, 6.07) is 0. The van der Waals surface area contributed by atoms with Gasteiger partial charge in [0.2, 0.25) is 0 Å². The minimum absolute atomic E-state index is 0.310. The van der Waals surface area contributed by atoms with Crippen molar-refractivity contribution in [1.29, 1.82) is 0 Å². The predicted octanol–water partition coefficient (Wildman–Crippen LogP) is 0.746. The molecule has 1 aliphatic heterocycles. The lowest BCUT2D eigenvalue weighted by Crippen LogP contribution is -2.21. The zero-order valence-electron chi connectivity index (χ0n) is 7.32. The summed E-state index contributed by atoms with van der Waals surface area (Å²) in [5.41, 5.74) is 1.28. The fraction of sp³-hybridized carbons (Fsp3) is 0.667. The smallest absolute Gasteiger partial charge is 0.105 e. The Morgan fingerprint density at radius 1 is 1.75 bits per heavy atom. The number of hydrogen-bond acceptors (Lipinski definition) is 2. The minimum Gasteiger partial charge on any atom is -0.396 e. The molecule has 0 saturated carbocycles. The average Bonchev–Trinajstić information content (AvgIpc) is 2.47. The fourth-order valence-corrected chi connectivity index (χ4v) is 1.85. The van der Waals surface area contributed by atoms with Crippen LogP contribution in [0.2, 0.25) is 0 Å². The number of hydrogen-bond donors (Lipinski definition) is 1. The van der Waals surface area contributed by atoms with Crippen molar-refractivity contribution in [2.45, 2.75) is 26.3 Å². The lowest BCUT2D eigenvalue weighted by Gasteiger charge is -2.22. The van der Waals surface area contributed by atoms with Crippen LogP contribution in [0.1, 0.15) is 17.9 Å². The Bertz CT molecular complexity index is 280. The van der Waals surface area contributed by atoms with Gasteiger partial charge in [-0.2, -0.15) is 0 Å². The summed E-state index contributed by atoms with van der Waals surface area (Å²) in [7, 11) is 0. The Hall–Kier alpha value is -0.830. The topological polar surface area (TPSA) is 38.0 Å². The van der Waals surface area contributed by atoms with E-state index in [0.717, 1.165) is 25.2 Å². The number of aliphatic hydroxyl groups is 1. The Kier molecular flexibility index (Phi) is 1.89. The third-order valence-corrected chi connectivity index (χ3v) is 2.65. The highest BCUT2D eigenvalue weighted by atomic mass is 16.3. The van der Waals surface area contributed by atoms with Gasteiger partial charge in [-0.25, -0.2) is 4.98 Å². The van der Waals surface area contributed by atoms with Crippen molar-refractivity contribution >= 4 is 0 Å². The quantitative estimate of drug-likeness (QED) is 0.668. The first-order valence-electron chi connectivity index (χ1n) is 4.43. The van der Waals surface area contributed by atoms with Gasteiger partial charge in [-0.1, -0.05) is 0 Å². The zero-order chi connectivity index (χ0) is 8.55. The van der Waals surface area contributed by atoms with Crippen LogP contribution in [0.4, 0.5) is 0 Å². The molecule has 0 saturated heterocycles. The Labute approximate surface area is 72.0 Å². The number of aryl methyl sites for hydroxylation is 1. The summed E-state index contributed by atoms with van der Waals surface area (Å²) in [6.45, 7) is 3.36. The van der Waals surface area contributed by atoms with Crippen LogP contribution in [-0.2, 0) is 13.0 Å². The van der Waals surface area contributed by atoms with Crippen molar-refractivity contribution in [3.63, 3.8) is 0 Å². The van der Waals surface area contributed by atoms with E-state index in [4.69, 9.17) is 5.11 Å². The van der Waals surface area contributed by atoms with E-state index in [1.165, 1.54) is 5.69 Å². The molecule has 1 N–H and O–H groups in total. The zero-order valence-corrected chi connectivity index (χ0v) is 7.32. The molecule has 3 nitrogen and oxygen atoms in total. The maximum Gasteiger partial charge on any atom is 0.105 e.